The van der Waals surface area contributed by atoms with Crippen LogP contribution < -0.4 is 9.47 Å². The number of aromatic nitrogens is 1. The molecule has 3 rings (SSSR count). The number of rotatable bonds is 7. The standard InChI is InChI=1S/C19H17NO6/c1-22-15-7-5-13(17(11-15)23-2)6-8-19(21)25-12-14-10-18(26-20-14)16-4-3-9-24-16/h3-11H,12H2,1-2H3/b8-6+. The molecule has 0 spiro atoms. The molecule has 0 radical (unpaired) electrons. The number of carbonyl (C=O) groups is 1. The highest BCUT2D eigenvalue weighted by Gasteiger charge is 2.10. The SMILES string of the molecule is COc1ccc(/C=C/C(=O)OCc2cc(-c3ccco3)on2)c(OC)c1. The van der Waals surface area contributed by atoms with E-state index in [1.807, 2.05) is 0 Å². The number of nitrogens with zero attached hydrogens (tertiary/aromatic N) is 1. The zero-order chi connectivity index (χ0) is 18.4. The van der Waals surface area contributed by atoms with Crippen molar-refractivity contribution in [1.29, 1.82) is 0 Å². The molecule has 2 heterocycles. The normalized spacial score (nSPS) is 10.8. The highest BCUT2D eigenvalue weighted by atomic mass is 16.5. The van der Waals surface area contributed by atoms with Crippen molar-refractivity contribution in [2.75, 3.05) is 14.2 Å². The van der Waals surface area contributed by atoms with Crippen LogP contribution in [0.2, 0.25) is 0 Å². The summed E-state index contributed by atoms with van der Waals surface area (Å²) in [5.41, 5.74) is 1.21. The van der Waals surface area contributed by atoms with Crippen molar-refractivity contribution in [2.45, 2.75) is 6.61 Å². The largest absolute Gasteiger partial charge is 0.497 e. The molecule has 0 atom stereocenters. The fraction of sp³-hybridized carbons (Fsp3) is 0.158. The average Bonchev–Trinajstić information content (AvgIpc) is 3.35. The summed E-state index contributed by atoms with van der Waals surface area (Å²) in [6, 6.07) is 10.4. The Balaban J connectivity index is 1.58. The van der Waals surface area contributed by atoms with E-state index in [9.17, 15) is 4.79 Å². The minimum Gasteiger partial charge on any atom is -0.497 e. The quantitative estimate of drug-likeness (QED) is 0.472. The molecule has 0 saturated carbocycles. The summed E-state index contributed by atoms with van der Waals surface area (Å²) < 4.78 is 25.9. The van der Waals surface area contributed by atoms with Crippen molar-refractivity contribution >= 4 is 12.0 Å². The van der Waals surface area contributed by atoms with Crippen LogP contribution >= 0.6 is 0 Å². The van der Waals surface area contributed by atoms with Crippen LogP contribution in [0.5, 0.6) is 11.5 Å². The summed E-state index contributed by atoms with van der Waals surface area (Å²) in [5.74, 6) is 1.78. The van der Waals surface area contributed by atoms with Gasteiger partial charge in [0.1, 0.15) is 23.8 Å². The van der Waals surface area contributed by atoms with E-state index in [2.05, 4.69) is 5.16 Å². The lowest BCUT2D eigenvalue weighted by Crippen LogP contribution is -2.01. The Morgan fingerprint density at radius 1 is 1.15 bits per heavy atom. The maximum absolute atomic E-state index is 11.9. The Bertz CT molecular complexity index is 895. The first kappa shape index (κ1) is 17.3. The van der Waals surface area contributed by atoms with Gasteiger partial charge >= 0.3 is 5.97 Å². The zero-order valence-electron chi connectivity index (χ0n) is 14.3. The maximum Gasteiger partial charge on any atom is 0.331 e. The van der Waals surface area contributed by atoms with E-state index >= 15 is 0 Å². The minimum atomic E-state index is -0.509. The average molecular weight is 355 g/mol. The topological polar surface area (TPSA) is 83.9 Å². The van der Waals surface area contributed by atoms with Crippen LogP contribution in [0.25, 0.3) is 17.6 Å². The Morgan fingerprint density at radius 2 is 2.04 bits per heavy atom. The van der Waals surface area contributed by atoms with Crippen LogP contribution in [0, 0.1) is 0 Å². The highest BCUT2D eigenvalue weighted by molar-refractivity contribution is 5.87. The van der Waals surface area contributed by atoms with Gasteiger partial charge in [-0.3, -0.25) is 0 Å². The van der Waals surface area contributed by atoms with Gasteiger partial charge in [0.25, 0.3) is 0 Å². The molecule has 0 unspecified atom stereocenters. The van der Waals surface area contributed by atoms with Gasteiger partial charge in [-0.15, -0.1) is 0 Å². The molecule has 7 nitrogen and oxygen atoms in total. The van der Waals surface area contributed by atoms with Gasteiger partial charge in [0.05, 0.1) is 20.5 Å². The molecule has 0 bridgehead atoms. The second-order valence-electron chi connectivity index (χ2n) is 5.21. The van der Waals surface area contributed by atoms with Crippen LogP contribution in [0.15, 0.2) is 57.7 Å². The summed E-state index contributed by atoms with van der Waals surface area (Å²) in [4.78, 5) is 11.9. The van der Waals surface area contributed by atoms with Gasteiger partial charge in [0.15, 0.2) is 5.76 Å². The minimum absolute atomic E-state index is 0.00682. The van der Waals surface area contributed by atoms with Crippen LogP contribution in [0.3, 0.4) is 0 Å². The Morgan fingerprint density at radius 3 is 2.77 bits per heavy atom. The number of methoxy groups -OCH3 is 2. The summed E-state index contributed by atoms with van der Waals surface area (Å²) in [5, 5.41) is 3.84. The fourth-order valence-electron chi connectivity index (χ4n) is 2.22. The van der Waals surface area contributed by atoms with Gasteiger partial charge in [-0.25, -0.2) is 4.79 Å². The molecule has 7 heteroatoms. The number of esters is 1. The lowest BCUT2D eigenvalue weighted by molar-refractivity contribution is -0.139. The monoisotopic (exact) mass is 355 g/mol. The van der Waals surface area contributed by atoms with Crippen molar-refractivity contribution in [1.82, 2.24) is 5.16 Å². The first-order valence-corrected chi connectivity index (χ1v) is 7.76. The summed E-state index contributed by atoms with van der Waals surface area (Å²) in [7, 11) is 3.12. The molecule has 1 aromatic carbocycles. The van der Waals surface area contributed by atoms with Gasteiger partial charge in [-0.1, -0.05) is 5.16 Å². The Kier molecular flexibility index (Phi) is 5.38. The van der Waals surface area contributed by atoms with Crippen molar-refractivity contribution in [3.8, 4) is 23.0 Å². The number of hydrogen-bond donors (Lipinski definition) is 0. The fourth-order valence-corrected chi connectivity index (χ4v) is 2.22. The van der Waals surface area contributed by atoms with E-state index < -0.39 is 5.97 Å². The molecule has 3 aromatic rings. The molecule has 0 saturated heterocycles. The lowest BCUT2D eigenvalue weighted by atomic mass is 10.2. The van der Waals surface area contributed by atoms with Gasteiger partial charge in [0.2, 0.25) is 5.76 Å². The van der Waals surface area contributed by atoms with E-state index in [0.29, 0.717) is 28.7 Å². The van der Waals surface area contributed by atoms with Crippen molar-refractivity contribution in [3.05, 3.63) is 60.0 Å². The summed E-state index contributed by atoms with van der Waals surface area (Å²) in [6.07, 6.45) is 4.46. The molecule has 26 heavy (non-hydrogen) atoms. The third kappa shape index (κ3) is 4.13. The van der Waals surface area contributed by atoms with Crippen LogP contribution in [-0.4, -0.2) is 25.3 Å². The van der Waals surface area contributed by atoms with Gasteiger partial charge in [-0.05, 0) is 30.3 Å². The number of hydrogen-bond acceptors (Lipinski definition) is 7. The molecule has 134 valence electrons. The van der Waals surface area contributed by atoms with Gasteiger partial charge < -0.3 is 23.2 Å². The number of ether oxygens (including phenoxy) is 3. The van der Waals surface area contributed by atoms with Crippen molar-refractivity contribution in [2.24, 2.45) is 0 Å². The molecule has 0 N–H and O–H groups in total. The smallest absolute Gasteiger partial charge is 0.331 e. The Hall–Kier alpha value is -3.48. The Labute approximate surface area is 149 Å². The number of furan rings is 1. The highest BCUT2D eigenvalue weighted by Crippen LogP contribution is 2.25. The van der Waals surface area contributed by atoms with Gasteiger partial charge in [-0.2, -0.15) is 0 Å². The molecule has 2 aromatic heterocycles. The van der Waals surface area contributed by atoms with E-state index in [4.69, 9.17) is 23.2 Å². The number of carbonyl (C=O) groups excluding carboxylic acids is 1. The van der Waals surface area contributed by atoms with Crippen LogP contribution in [-0.2, 0) is 16.1 Å². The maximum atomic E-state index is 11.9. The molecule has 0 aliphatic carbocycles. The summed E-state index contributed by atoms with van der Waals surface area (Å²) >= 11 is 0. The first-order valence-electron chi connectivity index (χ1n) is 7.76. The van der Waals surface area contributed by atoms with Crippen LogP contribution in [0.1, 0.15) is 11.3 Å². The van der Waals surface area contributed by atoms with Crippen molar-refractivity contribution < 1.29 is 27.9 Å². The third-order valence-corrected chi connectivity index (χ3v) is 3.52. The second kappa shape index (κ2) is 8.06. The molecular formula is C19H17NO6. The first-order chi connectivity index (χ1) is 12.7. The van der Waals surface area contributed by atoms with Gasteiger partial charge in [0, 0.05) is 23.8 Å². The van der Waals surface area contributed by atoms with Crippen molar-refractivity contribution in [3.63, 3.8) is 0 Å². The molecular weight excluding hydrogens is 338 g/mol. The lowest BCUT2D eigenvalue weighted by Gasteiger charge is -2.07. The summed E-state index contributed by atoms with van der Waals surface area (Å²) in [6.45, 7) is -0.00682. The zero-order valence-corrected chi connectivity index (χ0v) is 14.3. The van der Waals surface area contributed by atoms with Crippen LogP contribution in [0.4, 0.5) is 0 Å². The molecule has 0 amide bonds. The third-order valence-electron chi connectivity index (χ3n) is 3.52. The molecule has 0 aliphatic heterocycles. The second-order valence-corrected chi connectivity index (χ2v) is 5.21. The van der Waals surface area contributed by atoms with E-state index in [1.165, 1.54) is 12.3 Å². The predicted molar refractivity (Wildman–Crippen MR) is 92.6 cm³/mol. The van der Waals surface area contributed by atoms with E-state index in [1.54, 1.807) is 56.7 Å². The van der Waals surface area contributed by atoms with E-state index in [-0.39, 0.29) is 6.61 Å². The molecule has 0 aliphatic rings. The molecule has 0 fully saturated rings. The van der Waals surface area contributed by atoms with E-state index in [0.717, 1.165) is 5.56 Å². The predicted octanol–water partition coefficient (Wildman–Crippen LogP) is 3.71. The number of benzene rings is 1.